The van der Waals surface area contributed by atoms with Crippen LogP contribution in [0, 0.1) is 17.0 Å². The van der Waals surface area contributed by atoms with Crippen molar-refractivity contribution in [3.63, 3.8) is 0 Å². The van der Waals surface area contributed by atoms with E-state index in [0.29, 0.717) is 5.75 Å². The van der Waals surface area contributed by atoms with Gasteiger partial charge in [-0.2, -0.15) is 5.10 Å². The number of aryl methyl sites for hydroxylation is 1. The molecule has 3 aromatic carbocycles. The fourth-order valence-electron chi connectivity index (χ4n) is 3.24. The lowest BCUT2D eigenvalue weighted by atomic mass is 10.2. The van der Waals surface area contributed by atoms with Crippen molar-refractivity contribution in [2.75, 3.05) is 25.1 Å². The summed E-state index contributed by atoms with van der Waals surface area (Å²) in [4.78, 5) is 23.3. The average molecular weight is 513 g/mol. The van der Waals surface area contributed by atoms with Crippen LogP contribution >= 0.6 is 0 Å². The van der Waals surface area contributed by atoms with Crippen LogP contribution in [0.4, 0.5) is 11.4 Å². The van der Waals surface area contributed by atoms with Gasteiger partial charge < -0.3 is 9.47 Å². The summed E-state index contributed by atoms with van der Waals surface area (Å²) in [5.74, 6) is -0.114. The van der Waals surface area contributed by atoms with Crippen LogP contribution in [0.2, 0.25) is 0 Å². The number of methoxy groups -OCH3 is 2. The van der Waals surface area contributed by atoms with Gasteiger partial charge in [0.25, 0.3) is 21.6 Å². The van der Waals surface area contributed by atoms with Gasteiger partial charge >= 0.3 is 0 Å². The number of nitro groups is 1. The predicted octanol–water partition coefficient (Wildman–Crippen LogP) is 3.27. The second-order valence-corrected chi connectivity index (χ2v) is 9.34. The van der Waals surface area contributed by atoms with Gasteiger partial charge in [0, 0.05) is 12.1 Å². The van der Waals surface area contributed by atoms with Crippen LogP contribution in [0.25, 0.3) is 0 Å². The summed E-state index contributed by atoms with van der Waals surface area (Å²) < 4.78 is 38.4. The number of hydrazone groups is 1. The molecular weight excluding hydrogens is 488 g/mol. The number of hydrogen-bond donors (Lipinski definition) is 1. The zero-order valence-corrected chi connectivity index (χ0v) is 20.6. The maximum atomic E-state index is 13.5. The lowest BCUT2D eigenvalue weighted by Crippen LogP contribution is -2.39. The molecule has 0 spiro atoms. The van der Waals surface area contributed by atoms with Crippen LogP contribution in [0.5, 0.6) is 11.5 Å². The zero-order chi connectivity index (χ0) is 26.3. The smallest absolute Gasteiger partial charge is 0.278 e. The predicted molar refractivity (Wildman–Crippen MR) is 134 cm³/mol. The van der Waals surface area contributed by atoms with Crippen molar-refractivity contribution in [1.29, 1.82) is 0 Å². The Morgan fingerprint density at radius 3 is 2.36 bits per heavy atom. The van der Waals surface area contributed by atoms with E-state index < -0.39 is 27.4 Å². The Labute approximate surface area is 208 Å². The summed E-state index contributed by atoms with van der Waals surface area (Å²) in [5.41, 5.74) is 3.24. The van der Waals surface area contributed by atoms with Gasteiger partial charge in [-0.05, 0) is 37.3 Å². The fraction of sp³-hybridized carbons (Fsp3) is 0.167. The highest BCUT2D eigenvalue weighted by Crippen LogP contribution is 2.33. The molecule has 0 fully saturated rings. The summed E-state index contributed by atoms with van der Waals surface area (Å²) in [6.45, 7) is 1.20. The van der Waals surface area contributed by atoms with Gasteiger partial charge in [0.2, 0.25) is 0 Å². The minimum absolute atomic E-state index is 0.0147. The summed E-state index contributed by atoms with van der Waals surface area (Å²) in [5, 5.41) is 14.9. The SMILES string of the molecule is COc1ccc(N(CC(=O)N/N=C\c2ccccc2[N+](=O)[O-])S(=O)(=O)c2ccc(C)cc2)cc1OC. The van der Waals surface area contributed by atoms with Crippen LogP contribution in [0.15, 0.2) is 76.7 Å². The summed E-state index contributed by atoms with van der Waals surface area (Å²) in [7, 11) is -1.32. The highest BCUT2D eigenvalue weighted by molar-refractivity contribution is 7.92. The maximum absolute atomic E-state index is 13.5. The summed E-state index contributed by atoms with van der Waals surface area (Å²) in [6, 6.07) is 16.5. The van der Waals surface area contributed by atoms with Gasteiger partial charge in [-0.15, -0.1) is 0 Å². The minimum Gasteiger partial charge on any atom is -0.493 e. The first-order chi connectivity index (χ1) is 17.2. The van der Waals surface area contributed by atoms with Gasteiger partial charge in [0.15, 0.2) is 11.5 Å². The van der Waals surface area contributed by atoms with Gasteiger partial charge in [-0.1, -0.05) is 29.8 Å². The van der Waals surface area contributed by atoms with E-state index in [9.17, 15) is 23.3 Å². The van der Waals surface area contributed by atoms with E-state index in [1.807, 2.05) is 6.92 Å². The highest BCUT2D eigenvalue weighted by atomic mass is 32.2. The molecule has 0 atom stereocenters. The molecule has 1 amide bonds. The third kappa shape index (κ3) is 5.96. The molecule has 0 radical (unpaired) electrons. The Morgan fingerprint density at radius 1 is 1.06 bits per heavy atom. The van der Waals surface area contributed by atoms with E-state index in [0.717, 1.165) is 16.1 Å². The Hall–Kier alpha value is -4.45. The number of carbonyl (C=O) groups excluding carboxylic acids is 1. The molecule has 0 aliphatic carbocycles. The third-order valence-corrected chi connectivity index (χ3v) is 6.87. The van der Waals surface area contributed by atoms with E-state index in [2.05, 4.69) is 10.5 Å². The monoisotopic (exact) mass is 512 g/mol. The number of nitrogens with one attached hydrogen (secondary N) is 1. The van der Waals surface area contributed by atoms with Gasteiger partial charge in [0.05, 0.1) is 41.5 Å². The molecular formula is C24H24N4O7S. The zero-order valence-electron chi connectivity index (χ0n) is 19.7. The molecule has 188 valence electrons. The van der Waals surface area contributed by atoms with Gasteiger partial charge in [0.1, 0.15) is 6.54 Å². The van der Waals surface area contributed by atoms with Crippen LogP contribution in [-0.2, 0) is 14.8 Å². The van der Waals surface area contributed by atoms with Gasteiger partial charge in [-0.25, -0.2) is 13.8 Å². The highest BCUT2D eigenvalue weighted by Gasteiger charge is 2.28. The number of rotatable bonds is 10. The molecule has 0 heterocycles. The molecule has 0 aliphatic heterocycles. The molecule has 3 aromatic rings. The van der Waals surface area contributed by atoms with E-state index >= 15 is 0 Å². The number of benzene rings is 3. The Kier molecular flexibility index (Phi) is 8.22. The molecule has 1 N–H and O–H groups in total. The van der Waals surface area contributed by atoms with Crippen molar-refractivity contribution < 1.29 is 27.6 Å². The molecule has 11 nitrogen and oxygen atoms in total. The van der Waals surface area contributed by atoms with E-state index in [1.54, 1.807) is 18.2 Å². The molecule has 0 aliphatic rings. The molecule has 0 saturated carbocycles. The first kappa shape index (κ1) is 26.2. The molecule has 0 bridgehead atoms. The van der Waals surface area contributed by atoms with Crippen LogP contribution in [-0.4, -0.2) is 46.2 Å². The topological polar surface area (TPSA) is 140 Å². The molecule has 3 rings (SSSR count). The molecule has 0 saturated heterocycles. The number of nitro benzene ring substituents is 1. The number of anilines is 1. The summed E-state index contributed by atoms with van der Waals surface area (Å²) in [6.07, 6.45) is 1.12. The Bertz CT molecular complexity index is 1390. The number of nitrogens with zero attached hydrogens (tertiary/aromatic N) is 3. The van der Waals surface area contributed by atoms with Crippen molar-refractivity contribution in [1.82, 2.24) is 5.43 Å². The fourth-order valence-corrected chi connectivity index (χ4v) is 4.65. The largest absolute Gasteiger partial charge is 0.493 e. The van der Waals surface area contributed by atoms with Crippen LogP contribution < -0.4 is 19.2 Å². The first-order valence-corrected chi connectivity index (χ1v) is 12.0. The van der Waals surface area contributed by atoms with Crippen molar-refractivity contribution in [2.24, 2.45) is 5.10 Å². The standard InChI is InChI=1S/C24H24N4O7S/c1-17-8-11-20(12-9-17)36(32,33)27(19-10-13-22(34-2)23(14-19)35-3)16-24(29)26-25-15-18-6-4-5-7-21(18)28(30)31/h4-15H,16H2,1-3H3,(H,26,29)/b25-15-. The van der Waals surface area contributed by atoms with Crippen molar-refractivity contribution >= 4 is 33.5 Å². The van der Waals surface area contributed by atoms with Crippen LogP contribution in [0.1, 0.15) is 11.1 Å². The van der Waals surface area contributed by atoms with Crippen molar-refractivity contribution in [3.8, 4) is 11.5 Å². The van der Waals surface area contributed by atoms with E-state index in [-0.39, 0.29) is 27.6 Å². The number of ether oxygens (including phenoxy) is 2. The van der Waals surface area contributed by atoms with Crippen molar-refractivity contribution in [3.05, 3.63) is 88.0 Å². The van der Waals surface area contributed by atoms with Crippen molar-refractivity contribution in [2.45, 2.75) is 11.8 Å². The lowest BCUT2D eigenvalue weighted by molar-refractivity contribution is -0.385. The van der Waals surface area contributed by atoms with Gasteiger partial charge in [-0.3, -0.25) is 19.2 Å². The molecule has 0 aromatic heterocycles. The molecule has 36 heavy (non-hydrogen) atoms. The quantitative estimate of drug-likeness (QED) is 0.250. The molecule has 12 heteroatoms. The maximum Gasteiger partial charge on any atom is 0.278 e. The normalized spacial score (nSPS) is 11.2. The number of amides is 1. The van der Waals surface area contributed by atoms with Crippen LogP contribution in [0.3, 0.4) is 0 Å². The third-order valence-electron chi connectivity index (χ3n) is 5.08. The molecule has 0 unspecified atom stereocenters. The second kappa shape index (κ2) is 11.3. The first-order valence-electron chi connectivity index (χ1n) is 10.5. The number of hydrogen-bond acceptors (Lipinski definition) is 8. The Morgan fingerprint density at radius 2 is 1.72 bits per heavy atom. The average Bonchev–Trinajstić information content (AvgIpc) is 2.87. The lowest BCUT2D eigenvalue weighted by Gasteiger charge is -2.24. The Balaban J connectivity index is 1.92. The summed E-state index contributed by atoms with van der Waals surface area (Å²) >= 11 is 0. The van der Waals surface area contributed by atoms with E-state index in [4.69, 9.17) is 9.47 Å². The number of sulfonamides is 1. The number of carbonyl (C=O) groups is 1. The number of para-hydroxylation sites is 1. The minimum atomic E-state index is -4.17. The van der Waals surface area contributed by atoms with E-state index in [1.165, 1.54) is 62.8 Å². The second-order valence-electron chi connectivity index (χ2n) is 7.47.